The summed E-state index contributed by atoms with van der Waals surface area (Å²) in [7, 11) is 2.00. The van der Waals surface area contributed by atoms with E-state index in [9.17, 15) is 4.79 Å². The van der Waals surface area contributed by atoms with Gasteiger partial charge in [0.1, 0.15) is 0 Å². The SMILES string of the molecule is CCc1ccsc1C(=O)N1CCC(CNC)CC1.Cl. The molecule has 1 aromatic heterocycles. The Bertz CT molecular complexity index is 400. The Morgan fingerprint density at radius 2 is 2.16 bits per heavy atom. The minimum atomic E-state index is 0. The van der Waals surface area contributed by atoms with Crippen LogP contribution in [-0.4, -0.2) is 37.5 Å². The number of rotatable bonds is 4. The maximum Gasteiger partial charge on any atom is 0.264 e. The molecule has 2 heterocycles. The molecule has 108 valence electrons. The molecule has 3 nitrogen and oxygen atoms in total. The molecule has 1 saturated heterocycles. The fraction of sp³-hybridized carbons (Fsp3) is 0.643. The van der Waals surface area contributed by atoms with Gasteiger partial charge in [0, 0.05) is 13.1 Å². The molecule has 2 rings (SSSR count). The van der Waals surface area contributed by atoms with Crippen molar-refractivity contribution in [3.8, 4) is 0 Å². The summed E-state index contributed by atoms with van der Waals surface area (Å²) in [4.78, 5) is 15.4. The van der Waals surface area contributed by atoms with Crippen LogP contribution >= 0.6 is 23.7 Å². The number of thiophene rings is 1. The van der Waals surface area contributed by atoms with Gasteiger partial charge in [-0.25, -0.2) is 0 Å². The van der Waals surface area contributed by atoms with Crippen molar-refractivity contribution in [3.63, 3.8) is 0 Å². The Morgan fingerprint density at radius 1 is 1.47 bits per heavy atom. The Kier molecular flexibility index (Phi) is 6.83. The molecule has 1 fully saturated rings. The van der Waals surface area contributed by atoms with E-state index < -0.39 is 0 Å². The van der Waals surface area contributed by atoms with E-state index >= 15 is 0 Å². The summed E-state index contributed by atoms with van der Waals surface area (Å²) in [5.41, 5.74) is 1.20. The number of piperidine rings is 1. The van der Waals surface area contributed by atoms with E-state index in [0.29, 0.717) is 0 Å². The van der Waals surface area contributed by atoms with Crippen molar-refractivity contribution in [2.45, 2.75) is 26.2 Å². The average molecular weight is 303 g/mol. The minimum Gasteiger partial charge on any atom is -0.338 e. The molecule has 0 aliphatic carbocycles. The molecule has 0 aromatic carbocycles. The number of halogens is 1. The summed E-state index contributed by atoms with van der Waals surface area (Å²) in [6.45, 7) is 5.00. The van der Waals surface area contributed by atoms with Gasteiger partial charge in [-0.3, -0.25) is 4.79 Å². The first kappa shape index (κ1) is 16.5. The van der Waals surface area contributed by atoms with E-state index in [4.69, 9.17) is 0 Å². The van der Waals surface area contributed by atoms with Crippen molar-refractivity contribution in [1.82, 2.24) is 10.2 Å². The number of amides is 1. The van der Waals surface area contributed by atoms with Gasteiger partial charge in [-0.2, -0.15) is 0 Å². The van der Waals surface area contributed by atoms with E-state index in [0.717, 1.165) is 49.7 Å². The van der Waals surface area contributed by atoms with Crippen LogP contribution in [0.1, 0.15) is 35.0 Å². The standard InChI is InChI=1S/C14H22N2OS.ClH/c1-3-12-6-9-18-13(12)14(17)16-7-4-11(5-8-16)10-15-2;/h6,9,11,15H,3-5,7-8,10H2,1-2H3;1H. The lowest BCUT2D eigenvalue weighted by Gasteiger charge is -2.31. The van der Waals surface area contributed by atoms with E-state index in [1.165, 1.54) is 5.56 Å². The second-order valence-corrected chi connectivity index (χ2v) is 5.84. The van der Waals surface area contributed by atoms with Crippen LogP contribution in [0, 0.1) is 5.92 Å². The summed E-state index contributed by atoms with van der Waals surface area (Å²) in [6.07, 6.45) is 3.19. The monoisotopic (exact) mass is 302 g/mol. The number of nitrogens with zero attached hydrogens (tertiary/aromatic N) is 1. The molecular formula is C14H23ClN2OS. The molecule has 1 aliphatic rings. The number of carbonyl (C=O) groups is 1. The predicted octanol–water partition coefficient (Wildman–Crippen LogP) is 2.80. The maximum absolute atomic E-state index is 12.4. The fourth-order valence-electron chi connectivity index (χ4n) is 2.57. The van der Waals surface area contributed by atoms with Crippen LogP contribution < -0.4 is 5.32 Å². The van der Waals surface area contributed by atoms with Gasteiger partial charge in [-0.1, -0.05) is 6.92 Å². The molecule has 1 aliphatic heterocycles. The molecule has 0 unspecified atom stereocenters. The van der Waals surface area contributed by atoms with Crippen molar-refractivity contribution < 1.29 is 4.79 Å². The van der Waals surface area contributed by atoms with Crippen LogP contribution in [0.25, 0.3) is 0 Å². The normalized spacial score (nSPS) is 16.2. The summed E-state index contributed by atoms with van der Waals surface area (Å²) in [5, 5.41) is 5.25. The highest BCUT2D eigenvalue weighted by molar-refractivity contribution is 7.12. The lowest BCUT2D eigenvalue weighted by atomic mass is 9.96. The molecule has 19 heavy (non-hydrogen) atoms. The van der Waals surface area contributed by atoms with Gasteiger partial charge < -0.3 is 10.2 Å². The number of carbonyl (C=O) groups excluding carboxylic acids is 1. The molecule has 1 N–H and O–H groups in total. The van der Waals surface area contributed by atoms with Crippen molar-refractivity contribution in [1.29, 1.82) is 0 Å². The number of hydrogen-bond acceptors (Lipinski definition) is 3. The largest absolute Gasteiger partial charge is 0.338 e. The van der Waals surface area contributed by atoms with Gasteiger partial charge in [0.15, 0.2) is 0 Å². The van der Waals surface area contributed by atoms with E-state index in [2.05, 4.69) is 18.3 Å². The zero-order valence-corrected chi connectivity index (χ0v) is 13.3. The molecule has 1 aromatic rings. The Hall–Kier alpha value is -0.580. The van der Waals surface area contributed by atoms with Gasteiger partial charge in [-0.05, 0) is 55.8 Å². The van der Waals surface area contributed by atoms with Crippen LogP contribution in [0.3, 0.4) is 0 Å². The highest BCUT2D eigenvalue weighted by atomic mass is 35.5. The maximum atomic E-state index is 12.4. The third-order valence-electron chi connectivity index (χ3n) is 3.72. The van der Waals surface area contributed by atoms with Gasteiger partial charge in [0.2, 0.25) is 0 Å². The third-order valence-corrected chi connectivity index (χ3v) is 4.66. The summed E-state index contributed by atoms with van der Waals surface area (Å²) in [6, 6.07) is 2.08. The molecular weight excluding hydrogens is 280 g/mol. The minimum absolute atomic E-state index is 0. The lowest BCUT2D eigenvalue weighted by molar-refractivity contribution is 0.0695. The van der Waals surface area contributed by atoms with Gasteiger partial charge in [0.25, 0.3) is 5.91 Å². The van der Waals surface area contributed by atoms with Gasteiger partial charge in [-0.15, -0.1) is 23.7 Å². The van der Waals surface area contributed by atoms with E-state index in [1.54, 1.807) is 11.3 Å². The van der Waals surface area contributed by atoms with Crippen LogP contribution in [0.5, 0.6) is 0 Å². The molecule has 1 amide bonds. The quantitative estimate of drug-likeness (QED) is 0.927. The smallest absolute Gasteiger partial charge is 0.264 e. The molecule has 0 radical (unpaired) electrons. The third kappa shape index (κ3) is 3.94. The second-order valence-electron chi connectivity index (χ2n) is 4.92. The Labute approximate surface area is 125 Å². The first-order valence-corrected chi connectivity index (χ1v) is 7.64. The van der Waals surface area contributed by atoms with E-state index in [-0.39, 0.29) is 18.3 Å². The second kappa shape index (κ2) is 7.88. The Morgan fingerprint density at radius 3 is 2.74 bits per heavy atom. The Balaban J connectivity index is 0.00000180. The molecule has 0 spiro atoms. The zero-order chi connectivity index (χ0) is 13.0. The molecule has 5 heteroatoms. The van der Waals surface area contributed by atoms with Crippen molar-refractivity contribution in [3.05, 3.63) is 21.9 Å². The molecule has 0 bridgehead atoms. The van der Waals surface area contributed by atoms with Crippen LogP contribution in [-0.2, 0) is 6.42 Å². The summed E-state index contributed by atoms with van der Waals surface area (Å²) < 4.78 is 0. The van der Waals surface area contributed by atoms with Crippen molar-refractivity contribution in [2.24, 2.45) is 5.92 Å². The van der Waals surface area contributed by atoms with Crippen LogP contribution in [0.15, 0.2) is 11.4 Å². The van der Waals surface area contributed by atoms with Crippen molar-refractivity contribution >= 4 is 29.7 Å². The predicted molar refractivity (Wildman–Crippen MR) is 83.5 cm³/mol. The topological polar surface area (TPSA) is 32.3 Å². The fourth-order valence-corrected chi connectivity index (χ4v) is 3.54. The first-order chi connectivity index (χ1) is 8.76. The number of likely N-dealkylation sites (tertiary alicyclic amines) is 1. The lowest BCUT2D eigenvalue weighted by Crippen LogP contribution is -2.40. The van der Waals surface area contributed by atoms with Crippen LogP contribution in [0.2, 0.25) is 0 Å². The number of nitrogens with one attached hydrogen (secondary N) is 1. The van der Waals surface area contributed by atoms with E-state index in [1.807, 2.05) is 17.3 Å². The van der Waals surface area contributed by atoms with Crippen molar-refractivity contribution in [2.75, 3.05) is 26.7 Å². The first-order valence-electron chi connectivity index (χ1n) is 6.76. The van der Waals surface area contributed by atoms with Crippen LogP contribution in [0.4, 0.5) is 0 Å². The highest BCUT2D eigenvalue weighted by Crippen LogP contribution is 2.23. The van der Waals surface area contributed by atoms with Gasteiger partial charge >= 0.3 is 0 Å². The highest BCUT2D eigenvalue weighted by Gasteiger charge is 2.24. The number of aryl methyl sites for hydroxylation is 1. The molecule has 0 atom stereocenters. The zero-order valence-electron chi connectivity index (χ0n) is 11.6. The summed E-state index contributed by atoms with van der Waals surface area (Å²) in [5.74, 6) is 0.970. The summed E-state index contributed by atoms with van der Waals surface area (Å²) >= 11 is 1.58. The van der Waals surface area contributed by atoms with Gasteiger partial charge in [0.05, 0.1) is 4.88 Å². The average Bonchev–Trinajstić information content (AvgIpc) is 2.87. The number of hydrogen-bond donors (Lipinski definition) is 1. The molecule has 0 saturated carbocycles.